The maximum absolute atomic E-state index is 6.13. The Morgan fingerprint density at radius 3 is 2.88 bits per heavy atom. The van der Waals surface area contributed by atoms with Gasteiger partial charge in [0.2, 0.25) is 0 Å². The van der Waals surface area contributed by atoms with Gasteiger partial charge in [0.1, 0.15) is 5.15 Å². The molecule has 1 aromatic heterocycles. The van der Waals surface area contributed by atoms with Crippen molar-refractivity contribution in [3.63, 3.8) is 0 Å². The van der Waals surface area contributed by atoms with Crippen LogP contribution in [0.4, 0.5) is 0 Å². The summed E-state index contributed by atoms with van der Waals surface area (Å²) < 4.78 is 0. The summed E-state index contributed by atoms with van der Waals surface area (Å²) in [4.78, 5) is 4.39. The molecule has 84 valence electrons. The number of hydrogen-bond acceptors (Lipinski definition) is 2. The van der Waals surface area contributed by atoms with Crippen LogP contribution < -0.4 is 5.73 Å². The van der Waals surface area contributed by atoms with E-state index in [9.17, 15) is 0 Å². The molecule has 0 spiro atoms. The second kappa shape index (κ2) is 4.81. The molecular weight excluding hydrogens is 220 g/mol. The van der Waals surface area contributed by atoms with E-state index in [1.807, 2.05) is 12.1 Å². The molecule has 0 saturated carbocycles. The minimum Gasteiger partial charge on any atom is -0.330 e. The molecule has 0 radical (unpaired) electrons. The number of fused-ring (bicyclic) bond motifs is 1. The van der Waals surface area contributed by atoms with E-state index in [1.165, 1.54) is 5.56 Å². The van der Waals surface area contributed by atoms with Crippen molar-refractivity contribution in [1.82, 2.24) is 4.98 Å². The molecule has 1 aromatic carbocycles. The van der Waals surface area contributed by atoms with Gasteiger partial charge in [0.25, 0.3) is 0 Å². The zero-order chi connectivity index (χ0) is 11.5. The molecule has 0 unspecified atom stereocenters. The molecule has 2 aromatic rings. The Morgan fingerprint density at radius 2 is 2.12 bits per heavy atom. The molecule has 0 aliphatic rings. The maximum Gasteiger partial charge on any atom is 0.132 e. The molecule has 0 aliphatic heterocycles. The summed E-state index contributed by atoms with van der Waals surface area (Å²) in [5.41, 5.74) is 8.78. The average molecular weight is 235 g/mol. The number of pyridine rings is 1. The van der Waals surface area contributed by atoms with Gasteiger partial charge in [-0.1, -0.05) is 23.2 Å². The van der Waals surface area contributed by atoms with Crippen molar-refractivity contribution >= 4 is 22.5 Å². The summed E-state index contributed by atoms with van der Waals surface area (Å²) in [6.07, 6.45) is 1.84. The molecule has 3 heteroatoms. The zero-order valence-electron chi connectivity index (χ0n) is 9.33. The van der Waals surface area contributed by atoms with Gasteiger partial charge in [0, 0.05) is 5.39 Å². The van der Waals surface area contributed by atoms with Crippen molar-refractivity contribution in [2.24, 2.45) is 5.73 Å². The lowest BCUT2D eigenvalue weighted by atomic mass is 10.1. The molecule has 2 nitrogen and oxygen atoms in total. The van der Waals surface area contributed by atoms with Crippen molar-refractivity contribution < 1.29 is 0 Å². The van der Waals surface area contributed by atoms with E-state index in [0.717, 1.165) is 29.3 Å². The third kappa shape index (κ3) is 2.34. The van der Waals surface area contributed by atoms with Gasteiger partial charge in [-0.2, -0.15) is 0 Å². The van der Waals surface area contributed by atoms with E-state index in [0.29, 0.717) is 11.7 Å². The first-order valence-corrected chi connectivity index (χ1v) is 5.84. The van der Waals surface area contributed by atoms with Crippen molar-refractivity contribution in [2.75, 3.05) is 6.54 Å². The average Bonchev–Trinajstić information content (AvgIpc) is 2.27. The molecule has 2 N–H and O–H groups in total. The number of nitrogens with zero attached hydrogens (tertiary/aromatic N) is 1. The lowest BCUT2D eigenvalue weighted by Gasteiger charge is -2.06. The minimum atomic E-state index is 0.602. The highest BCUT2D eigenvalue weighted by atomic mass is 35.5. The van der Waals surface area contributed by atoms with Crippen LogP contribution in [0.15, 0.2) is 24.3 Å². The number of nitrogens with two attached hydrogens (primary N) is 1. The van der Waals surface area contributed by atoms with Gasteiger partial charge >= 0.3 is 0 Å². The van der Waals surface area contributed by atoms with Crippen molar-refractivity contribution in [3.05, 3.63) is 40.5 Å². The van der Waals surface area contributed by atoms with Crippen LogP contribution in [0.5, 0.6) is 0 Å². The van der Waals surface area contributed by atoms with Gasteiger partial charge in [-0.15, -0.1) is 0 Å². The number of aryl methyl sites for hydroxylation is 2. The third-order valence-corrected chi connectivity index (χ3v) is 2.97. The number of halogens is 1. The fourth-order valence-electron chi connectivity index (χ4n) is 1.78. The van der Waals surface area contributed by atoms with Crippen LogP contribution in [0.2, 0.25) is 5.15 Å². The smallest absolute Gasteiger partial charge is 0.132 e. The second-order valence-electron chi connectivity index (χ2n) is 4.03. The highest BCUT2D eigenvalue weighted by Gasteiger charge is 2.04. The Bertz CT molecular complexity index is 509. The first kappa shape index (κ1) is 11.4. The molecule has 0 aliphatic carbocycles. The van der Waals surface area contributed by atoms with Crippen molar-refractivity contribution in [2.45, 2.75) is 19.8 Å². The molecule has 0 bridgehead atoms. The van der Waals surface area contributed by atoms with Gasteiger partial charge < -0.3 is 5.73 Å². The molecule has 16 heavy (non-hydrogen) atoms. The van der Waals surface area contributed by atoms with E-state index in [2.05, 4.69) is 24.0 Å². The fourth-order valence-corrected chi connectivity index (χ4v) is 2.02. The summed E-state index contributed by atoms with van der Waals surface area (Å²) in [5, 5.41) is 1.75. The third-order valence-electron chi connectivity index (χ3n) is 2.65. The number of hydrogen-bond donors (Lipinski definition) is 1. The SMILES string of the molecule is Cc1ccc2nc(Cl)c(CCCN)cc2c1. The Kier molecular flexibility index (Phi) is 3.42. The predicted molar refractivity (Wildman–Crippen MR) is 68.9 cm³/mol. The largest absolute Gasteiger partial charge is 0.330 e. The monoisotopic (exact) mass is 234 g/mol. The summed E-state index contributed by atoms with van der Waals surface area (Å²) in [7, 11) is 0. The molecule has 0 saturated heterocycles. The zero-order valence-corrected chi connectivity index (χ0v) is 10.1. The van der Waals surface area contributed by atoms with Crippen LogP contribution in [-0.4, -0.2) is 11.5 Å². The molecule has 0 fully saturated rings. The van der Waals surface area contributed by atoms with E-state index in [1.54, 1.807) is 0 Å². The van der Waals surface area contributed by atoms with Gasteiger partial charge in [-0.3, -0.25) is 0 Å². The van der Waals surface area contributed by atoms with E-state index in [4.69, 9.17) is 17.3 Å². The fraction of sp³-hybridized carbons (Fsp3) is 0.308. The Morgan fingerprint density at radius 1 is 1.31 bits per heavy atom. The van der Waals surface area contributed by atoms with E-state index >= 15 is 0 Å². The molecule has 0 amide bonds. The highest BCUT2D eigenvalue weighted by molar-refractivity contribution is 6.30. The lowest BCUT2D eigenvalue weighted by molar-refractivity contribution is 0.831. The van der Waals surface area contributed by atoms with Gasteiger partial charge in [0.05, 0.1) is 5.52 Å². The number of aromatic nitrogens is 1. The van der Waals surface area contributed by atoms with Gasteiger partial charge in [-0.05, 0) is 50.1 Å². The predicted octanol–water partition coefficient (Wildman–Crippen LogP) is 3.09. The molecule has 0 atom stereocenters. The van der Waals surface area contributed by atoms with Crippen LogP contribution in [0, 0.1) is 6.92 Å². The van der Waals surface area contributed by atoms with E-state index in [-0.39, 0.29) is 0 Å². The standard InChI is InChI=1S/C13H15ClN2/c1-9-4-5-12-11(7-9)8-10(3-2-6-15)13(14)16-12/h4-5,7-8H,2-3,6,15H2,1H3. The Balaban J connectivity index is 2.46. The van der Waals surface area contributed by atoms with Crippen LogP contribution >= 0.6 is 11.6 Å². The topological polar surface area (TPSA) is 38.9 Å². The van der Waals surface area contributed by atoms with Crippen molar-refractivity contribution in [1.29, 1.82) is 0 Å². The summed E-state index contributed by atoms with van der Waals surface area (Å²) in [6.45, 7) is 2.76. The van der Waals surface area contributed by atoms with Crippen LogP contribution in [0.1, 0.15) is 17.5 Å². The Hall–Kier alpha value is -1.12. The van der Waals surface area contributed by atoms with Crippen LogP contribution in [0.25, 0.3) is 10.9 Å². The maximum atomic E-state index is 6.13. The van der Waals surface area contributed by atoms with E-state index < -0.39 is 0 Å². The quantitative estimate of drug-likeness (QED) is 0.829. The lowest BCUT2D eigenvalue weighted by Crippen LogP contribution is -2.01. The highest BCUT2D eigenvalue weighted by Crippen LogP contribution is 2.22. The number of benzene rings is 1. The second-order valence-corrected chi connectivity index (χ2v) is 4.38. The molecule has 1 heterocycles. The summed E-state index contributed by atoms with van der Waals surface area (Å²) in [6, 6.07) is 8.30. The Labute approximate surface area is 100 Å². The minimum absolute atomic E-state index is 0.602. The van der Waals surface area contributed by atoms with Gasteiger partial charge in [0.15, 0.2) is 0 Å². The summed E-state index contributed by atoms with van der Waals surface area (Å²) in [5.74, 6) is 0. The first-order valence-electron chi connectivity index (χ1n) is 5.46. The van der Waals surface area contributed by atoms with Crippen molar-refractivity contribution in [3.8, 4) is 0 Å². The summed E-state index contributed by atoms with van der Waals surface area (Å²) >= 11 is 6.13. The first-order chi connectivity index (χ1) is 7.70. The molecule has 2 rings (SSSR count). The van der Waals surface area contributed by atoms with Gasteiger partial charge in [-0.25, -0.2) is 4.98 Å². The normalized spacial score (nSPS) is 10.9. The van der Waals surface area contributed by atoms with Crippen LogP contribution in [-0.2, 0) is 6.42 Å². The molecular formula is C13H15ClN2. The number of rotatable bonds is 3. The van der Waals surface area contributed by atoms with Crippen LogP contribution in [0.3, 0.4) is 0 Å².